The first-order chi connectivity index (χ1) is 7.92. The van der Waals surface area contributed by atoms with Crippen molar-refractivity contribution in [2.45, 2.75) is 20.3 Å². The molecule has 0 spiro atoms. The number of aliphatic carboxylic acids is 1. The summed E-state index contributed by atoms with van der Waals surface area (Å²) in [6.07, 6.45) is 2.40. The van der Waals surface area contributed by atoms with Gasteiger partial charge in [0.25, 0.3) is 0 Å². The molecule has 0 bridgehead atoms. The first-order valence-electron chi connectivity index (χ1n) is 5.40. The summed E-state index contributed by atoms with van der Waals surface area (Å²) in [4.78, 5) is 14.3. The van der Waals surface area contributed by atoms with Crippen LogP contribution in [0.4, 0.5) is 0 Å². The number of benzene rings is 1. The lowest BCUT2D eigenvalue weighted by molar-refractivity contribution is -0.146. The number of aromatic amines is 1. The number of fused-ring (bicyclic) bond motifs is 1. The molecule has 3 nitrogen and oxygen atoms in total. The van der Waals surface area contributed by atoms with Gasteiger partial charge >= 0.3 is 5.97 Å². The van der Waals surface area contributed by atoms with E-state index in [1.807, 2.05) is 24.4 Å². The largest absolute Gasteiger partial charge is 0.481 e. The Bertz CT molecular complexity index is 572. The number of halogens is 1. The zero-order valence-electron chi connectivity index (χ0n) is 9.75. The van der Waals surface area contributed by atoms with E-state index in [1.54, 1.807) is 13.8 Å². The molecule has 2 aromatic rings. The number of rotatable bonds is 3. The van der Waals surface area contributed by atoms with E-state index >= 15 is 0 Å². The van der Waals surface area contributed by atoms with Gasteiger partial charge in [-0.1, -0.05) is 12.1 Å². The second-order valence-electron chi connectivity index (χ2n) is 4.84. The Kier molecular flexibility index (Phi) is 3.00. The van der Waals surface area contributed by atoms with E-state index in [-0.39, 0.29) is 0 Å². The van der Waals surface area contributed by atoms with Crippen molar-refractivity contribution in [3.05, 3.63) is 34.4 Å². The number of nitrogens with one attached hydrogen (secondary N) is 1. The van der Waals surface area contributed by atoms with Crippen molar-refractivity contribution < 1.29 is 9.90 Å². The van der Waals surface area contributed by atoms with Gasteiger partial charge in [-0.05, 0) is 47.8 Å². The van der Waals surface area contributed by atoms with Crippen LogP contribution in [0, 0.1) is 5.41 Å². The standard InChI is InChI=1S/C13H14BrNO2/c1-13(2,12(16)17)6-8-7-15-11-9(8)4-3-5-10(11)14/h3-5,7,15H,6H2,1-2H3,(H,16,17). The molecule has 1 aromatic carbocycles. The van der Waals surface area contributed by atoms with Gasteiger partial charge in [-0.25, -0.2) is 0 Å². The first kappa shape index (κ1) is 12.2. The maximum atomic E-state index is 11.1. The summed E-state index contributed by atoms with van der Waals surface area (Å²) in [5.41, 5.74) is 1.30. The van der Waals surface area contributed by atoms with Gasteiger partial charge in [-0.3, -0.25) is 4.79 Å². The first-order valence-corrected chi connectivity index (χ1v) is 6.19. The van der Waals surface area contributed by atoms with E-state index in [9.17, 15) is 4.79 Å². The lowest BCUT2D eigenvalue weighted by atomic mass is 9.86. The number of carbonyl (C=O) groups is 1. The highest BCUT2D eigenvalue weighted by Gasteiger charge is 2.28. The minimum absolute atomic E-state index is 0.513. The van der Waals surface area contributed by atoms with Gasteiger partial charge in [0.1, 0.15) is 0 Å². The summed E-state index contributed by atoms with van der Waals surface area (Å²) >= 11 is 3.47. The molecule has 0 saturated carbocycles. The smallest absolute Gasteiger partial charge is 0.309 e. The molecule has 0 amide bonds. The van der Waals surface area contributed by atoms with Crippen LogP contribution in [-0.4, -0.2) is 16.1 Å². The minimum Gasteiger partial charge on any atom is -0.481 e. The SMILES string of the molecule is CC(C)(Cc1c[nH]c2c(Br)cccc12)C(=O)O. The zero-order chi connectivity index (χ0) is 12.6. The predicted molar refractivity (Wildman–Crippen MR) is 71.1 cm³/mol. The van der Waals surface area contributed by atoms with Crippen molar-refractivity contribution in [1.82, 2.24) is 4.98 Å². The Hall–Kier alpha value is -1.29. The molecule has 0 saturated heterocycles. The fraction of sp³-hybridized carbons (Fsp3) is 0.308. The zero-order valence-corrected chi connectivity index (χ0v) is 11.3. The highest BCUT2D eigenvalue weighted by atomic mass is 79.9. The highest BCUT2D eigenvalue weighted by Crippen LogP contribution is 2.30. The van der Waals surface area contributed by atoms with Gasteiger partial charge in [0, 0.05) is 16.1 Å². The number of hydrogen-bond donors (Lipinski definition) is 2. The molecular formula is C13H14BrNO2. The molecule has 4 heteroatoms. The average molecular weight is 296 g/mol. The Morgan fingerprint density at radius 2 is 2.18 bits per heavy atom. The fourth-order valence-electron chi connectivity index (χ4n) is 1.87. The Morgan fingerprint density at radius 1 is 1.47 bits per heavy atom. The van der Waals surface area contributed by atoms with Crippen LogP contribution in [0.25, 0.3) is 10.9 Å². The topological polar surface area (TPSA) is 53.1 Å². The number of carboxylic acids is 1. The molecule has 0 fully saturated rings. The normalized spacial score (nSPS) is 11.9. The summed E-state index contributed by atoms with van der Waals surface area (Å²) in [7, 11) is 0. The third kappa shape index (κ3) is 2.22. The maximum Gasteiger partial charge on any atom is 0.309 e. The van der Waals surface area contributed by atoms with Crippen molar-refractivity contribution in [2.24, 2.45) is 5.41 Å². The number of para-hydroxylation sites is 1. The van der Waals surface area contributed by atoms with E-state index < -0.39 is 11.4 Å². The molecule has 17 heavy (non-hydrogen) atoms. The summed E-state index contributed by atoms with van der Waals surface area (Å²) in [5.74, 6) is -0.776. The van der Waals surface area contributed by atoms with Crippen LogP contribution in [0.15, 0.2) is 28.9 Å². The quantitative estimate of drug-likeness (QED) is 0.909. The van der Waals surface area contributed by atoms with Crippen LogP contribution >= 0.6 is 15.9 Å². The lowest BCUT2D eigenvalue weighted by Gasteiger charge is -2.18. The summed E-state index contributed by atoms with van der Waals surface area (Å²) < 4.78 is 0.995. The molecule has 1 heterocycles. The molecule has 0 unspecified atom stereocenters. The third-order valence-electron chi connectivity index (χ3n) is 2.96. The summed E-state index contributed by atoms with van der Waals surface area (Å²) in [5, 5.41) is 10.2. The second kappa shape index (κ2) is 4.18. The van der Waals surface area contributed by atoms with E-state index in [0.29, 0.717) is 6.42 Å². The van der Waals surface area contributed by atoms with Crippen molar-refractivity contribution in [3.63, 3.8) is 0 Å². The lowest BCUT2D eigenvalue weighted by Crippen LogP contribution is -2.26. The Labute approximate surface area is 108 Å². The summed E-state index contributed by atoms with van der Waals surface area (Å²) in [6, 6.07) is 5.92. The number of aromatic nitrogens is 1. The molecule has 2 N–H and O–H groups in total. The molecular weight excluding hydrogens is 282 g/mol. The van der Waals surface area contributed by atoms with E-state index in [0.717, 1.165) is 20.9 Å². The molecule has 1 aromatic heterocycles. The number of H-pyrrole nitrogens is 1. The van der Waals surface area contributed by atoms with E-state index in [4.69, 9.17) is 5.11 Å². The van der Waals surface area contributed by atoms with Gasteiger partial charge in [0.2, 0.25) is 0 Å². The predicted octanol–water partition coefficient (Wildman–Crippen LogP) is 3.58. The molecule has 2 rings (SSSR count). The third-order valence-corrected chi connectivity index (χ3v) is 3.62. The van der Waals surface area contributed by atoms with Gasteiger partial charge in [-0.2, -0.15) is 0 Å². The van der Waals surface area contributed by atoms with Crippen molar-refractivity contribution in [2.75, 3.05) is 0 Å². The number of hydrogen-bond acceptors (Lipinski definition) is 1. The second-order valence-corrected chi connectivity index (χ2v) is 5.70. The molecule has 0 aliphatic heterocycles. The van der Waals surface area contributed by atoms with Crippen molar-refractivity contribution >= 4 is 32.8 Å². The Balaban J connectivity index is 2.44. The minimum atomic E-state index is -0.776. The number of carboxylic acid groups (broad SMARTS) is 1. The van der Waals surface area contributed by atoms with Crippen LogP contribution in [0.2, 0.25) is 0 Å². The van der Waals surface area contributed by atoms with Crippen molar-refractivity contribution in [3.8, 4) is 0 Å². The molecule has 0 aliphatic carbocycles. The van der Waals surface area contributed by atoms with Crippen LogP contribution in [0.3, 0.4) is 0 Å². The highest BCUT2D eigenvalue weighted by molar-refractivity contribution is 9.10. The van der Waals surface area contributed by atoms with Gasteiger partial charge < -0.3 is 10.1 Å². The molecule has 0 aliphatic rings. The van der Waals surface area contributed by atoms with Crippen LogP contribution in [0.1, 0.15) is 19.4 Å². The maximum absolute atomic E-state index is 11.1. The van der Waals surface area contributed by atoms with E-state index in [1.165, 1.54) is 0 Å². The van der Waals surface area contributed by atoms with Gasteiger partial charge in [0.05, 0.1) is 10.9 Å². The Morgan fingerprint density at radius 3 is 2.82 bits per heavy atom. The van der Waals surface area contributed by atoms with Crippen LogP contribution in [0.5, 0.6) is 0 Å². The average Bonchev–Trinajstić information content (AvgIpc) is 2.62. The van der Waals surface area contributed by atoms with Gasteiger partial charge in [0.15, 0.2) is 0 Å². The van der Waals surface area contributed by atoms with Gasteiger partial charge in [-0.15, -0.1) is 0 Å². The molecule has 90 valence electrons. The van der Waals surface area contributed by atoms with E-state index in [2.05, 4.69) is 20.9 Å². The summed E-state index contributed by atoms with van der Waals surface area (Å²) in [6.45, 7) is 3.48. The fourth-order valence-corrected chi connectivity index (χ4v) is 2.35. The molecule has 0 radical (unpaired) electrons. The molecule has 0 atom stereocenters. The van der Waals surface area contributed by atoms with Crippen LogP contribution in [-0.2, 0) is 11.2 Å². The van der Waals surface area contributed by atoms with Crippen molar-refractivity contribution in [1.29, 1.82) is 0 Å². The van der Waals surface area contributed by atoms with Crippen LogP contribution < -0.4 is 0 Å². The monoisotopic (exact) mass is 295 g/mol.